The molecule has 0 unspecified atom stereocenters. The Morgan fingerprint density at radius 2 is 1.83 bits per heavy atom. The Hall–Kier alpha value is -5.64. The van der Waals surface area contributed by atoms with Gasteiger partial charge in [0.2, 0.25) is 5.82 Å². The second-order valence-corrected chi connectivity index (χ2v) is 11.3. The molecule has 0 aliphatic carbocycles. The number of aliphatic hydroxyl groups is 1. The zero-order chi connectivity index (χ0) is 33.7. The average molecular weight is 648 g/mol. The van der Waals surface area contributed by atoms with Crippen LogP contribution in [0.15, 0.2) is 62.2 Å². The first-order valence-electron chi connectivity index (χ1n) is 14.8. The number of hydrogen-bond acceptors (Lipinski definition) is 13. The summed E-state index contributed by atoms with van der Waals surface area (Å²) >= 11 is 0. The van der Waals surface area contributed by atoms with Gasteiger partial charge in [-0.15, -0.1) is 20.3 Å². The number of imidazole rings is 1. The lowest BCUT2D eigenvalue weighted by Gasteiger charge is -2.18. The topological polar surface area (TPSA) is 215 Å². The lowest BCUT2D eigenvalue weighted by Crippen LogP contribution is -2.23. The van der Waals surface area contributed by atoms with E-state index in [0.717, 1.165) is 28.7 Å². The maximum Gasteiger partial charge on any atom is 0.519 e. The third-order valence-corrected chi connectivity index (χ3v) is 7.21. The number of benzene rings is 2. The van der Waals surface area contributed by atoms with E-state index >= 15 is 0 Å². The van der Waals surface area contributed by atoms with E-state index in [9.17, 15) is 24.8 Å². The van der Waals surface area contributed by atoms with Gasteiger partial charge in [-0.1, -0.05) is 55.5 Å². The Morgan fingerprint density at radius 3 is 2.47 bits per heavy atom. The van der Waals surface area contributed by atoms with Crippen LogP contribution < -0.4 is 5.82 Å². The number of aromatic amines is 1. The van der Waals surface area contributed by atoms with Crippen molar-refractivity contribution < 1.29 is 33.4 Å². The predicted octanol–water partition coefficient (Wildman–Crippen LogP) is 4.00. The molecule has 1 atom stereocenters. The smallest absolute Gasteiger partial charge is 0.453 e. The van der Waals surface area contributed by atoms with Gasteiger partial charge in [0.05, 0.1) is 0 Å². The molecule has 246 valence electrons. The summed E-state index contributed by atoms with van der Waals surface area (Å²) in [4.78, 5) is 45.4. The minimum absolute atomic E-state index is 0.0323. The molecule has 0 saturated carbocycles. The Morgan fingerprint density at radius 1 is 1.13 bits per heavy atom. The predicted molar refractivity (Wildman–Crippen MR) is 163 cm³/mol. The maximum absolute atomic E-state index is 13.7. The van der Waals surface area contributed by atoms with E-state index in [1.807, 2.05) is 55.5 Å². The Balaban J connectivity index is 1.44. The molecular weight excluding hydrogens is 614 g/mol. The van der Waals surface area contributed by atoms with Gasteiger partial charge in [-0.25, -0.2) is 14.6 Å². The molecule has 47 heavy (non-hydrogen) atoms. The first kappa shape index (κ1) is 32.7. The van der Waals surface area contributed by atoms with Gasteiger partial charge in [-0.2, -0.15) is 5.21 Å². The molecule has 0 radical (unpaired) electrons. The van der Waals surface area contributed by atoms with Crippen molar-refractivity contribution in [3.8, 4) is 22.5 Å². The van der Waals surface area contributed by atoms with E-state index < -0.39 is 35.2 Å². The van der Waals surface area contributed by atoms with E-state index in [2.05, 4.69) is 30.4 Å². The number of aryl methyl sites for hydroxylation is 1. The SMILES string of the molecule is CCCc1nc(C(C)(C)O)c(C(=O)OCc2oc(=O)oc2C[C@H](C)O[N+](=O)[O-])n1Cc1ccc(-c2ccccc2-c2nn[nH]n2)cc1. The lowest BCUT2D eigenvalue weighted by atomic mass is 9.98. The van der Waals surface area contributed by atoms with E-state index in [4.69, 9.17) is 13.6 Å². The molecule has 3 aromatic heterocycles. The van der Waals surface area contributed by atoms with Crippen LogP contribution in [-0.4, -0.2) is 52.4 Å². The summed E-state index contributed by atoms with van der Waals surface area (Å²) in [5, 5.41) is 35.1. The molecule has 2 N–H and O–H groups in total. The number of hydrogen-bond donors (Lipinski definition) is 2. The van der Waals surface area contributed by atoms with Crippen molar-refractivity contribution in [1.29, 1.82) is 0 Å². The summed E-state index contributed by atoms with van der Waals surface area (Å²) in [7, 11) is 0. The highest BCUT2D eigenvalue weighted by molar-refractivity contribution is 5.89. The summed E-state index contributed by atoms with van der Waals surface area (Å²) < 4.78 is 17.3. The Bertz CT molecular complexity index is 1900. The van der Waals surface area contributed by atoms with Gasteiger partial charge in [0.25, 0.3) is 5.09 Å². The lowest BCUT2D eigenvalue weighted by molar-refractivity contribution is -0.767. The van der Waals surface area contributed by atoms with E-state index in [1.165, 1.54) is 20.8 Å². The number of nitrogens with one attached hydrogen (secondary N) is 1. The van der Waals surface area contributed by atoms with Gasteiger partial charge >= 0.3 is 11.8 Å². The molecule has 0 fully saturated rings. The van der Waals surface area contributed by atoms with E-state index in [0.29, 0.717) is 18.1 Å². The van der Waals surface area contributed by atoms with Crippen LogP contribution in [0.25, 0.3) is 22.5 Å². The molecule has 16 nitrogen and oxygen atoms in total. The molecular formula is C31H33N7O9. The molecule has 2 aromatic carbocycles. The summed E-state index contributed by atoms with van der Waals surface area (Å²) in [5.74, 6) is -1.02. The third kappa shape index (κ3) is 7.61. The zero-order valence-corrected chi connectivity index (χ0v) is 26.1. The van der Waals surface area contributed by atoms with Crippen LogP contribution in [-0.2, 0) is 41.2 Å². The molecule has 0 aliphatic rings. The van der Waals surface area contributed by atoms with Crippen LogP contribution in [0.2, 0.25) is 0 Å². The number of nitrogens with zero attached hydrogens (tertiary/aromatic N) is 6. The Labute approximate surface area is 267 Å². The average Bonchev–Trinajstić information content (AvgIpc) is 3.76. The molecule has 0 bridgehead atoms. The van der Waals surface area contributed by atoms with Gasteiger partial charge in [-0.05, 0) is 49.1 Å². The quantitative estimate of drug-likeness (QED) is 0.0991. The van der Waals surface area contributed by atoms with Gasteiger partial charge in [-0.3, -0.25) is 0 Å². The van der Waals surface area contributed by atoms with Gasteiger partial charge in [0, 0.05) is 24.9 Å². The fourth-order valence-corrected chi connectivity index (χ4v) is 5.14. The number of esters is 1. The van der Waals surface area contributed by atoms with Crippen molar-refractivity contribution >= 4 is 5.97 Å². The molecule has 3 heterocycles. The number of tetrazole rings is 1. The van der Waals surface area contributed by atoms with Crippen molar-refractivity contribution in [1.82, 2.24) is 30.2 Å². The van der Waals surface area contributed by atoms with Crippen molar-refractivity contribution in [2.24, 2.45) is 0 Å². The van der Waals surface area contributed by atoms with Crippen molar-refractivity contribution in [2.75, 3.05) is 0 Å². The maximum atomic E-state index is 13.7. The van der Waals surface area contributed by atoms with Crippen LogP contribution >= 0.6 is 0 Å². The third-order valence-electron chi connectivity index (χ3n) is 7.21. The van der Waals surface area contributed by atoms with Crippen molar-refractivity contribution in [2.45, 2.75) is 71.8 Å². The highest BCUT2D eigenvalue weighted by Crippen LogP contribution is 2.31. The Kier molecular flexibility index (Phi) is 9.60. The zero-order valence-electron chi connectivity index (χ0n) is 26.1. The first-order chi connectivity index (χ1) is 22.4. The van der Waals surface area contributed by atoms with Gasteiger partial charge < -0.3 is 28.1 Å². The van der Waals surface area contributed by atoms with Crippen LogP contribution in [0, 0.1) is 10.1 Å². The molecule has 0 aliphatic heterocycles. The van der Waals surface area contributed by atoms with Gasteiger partial charge in [0.15, 0.2) is 23.8 Å². The van der Waals surface area contributed by atoms with Gasteiger partial charge in [0.1, 0.15) is 23.2 Å². The first-order valence-corrected chi connectivity index (χ1v) is 14.8. The molecule has 5 rings (SSSR count). The van der Waals surface area contributed by atoms with E-state index in [-0.39, 0.29) is 35.9 Å². The second kappa shape index (κ2) is 13.8. The molecule has 0 amide bonds. The molecule has 0 saturated heterocycles. The standard InChI is InChI=1S/C31H33N7O9/c1-5-8-25-32-27(31(3,4)41)26(29(39)44-17-24-23(45-30(40)46-24)15-18(2)47-38(42)43)37(25)16-19-11-13-20(14-12-19)21-9-6-7-10-22(21)28-33-35-36-34-28/h6-7,9-14,18,41H,5,8,15-17H2,1-4H3,(H,33,34,35,36)/t18-/m0/s1. The summed E-state index contributed by atoms with van der Waals surface area (Å²) in [6, 6.07) is 15.4. The van der Waals surface area contributed by atoms with Crippen molar-refractivity contribution in [3.63, 3.8) is 0 Å². The normalized spacial score (nSPS) is 12.2. The van der Waals surface area contributed by atoms with Crippen molar-refractivity contribution in [3.05, 3.63) is 104 Å². The largest absolute Gasteiger partial charge is 0.519 e. The monoisotopic (exact) mass is 647 g/mol. The second-order valence-electron chi connectivity index (χ2n) is 11.3. The van der Waals surface area contributed by atoms with E-state index in [1.54, 1.807) is 4.57 Å². The number of aromatic nitrogens is 6. The minimum Gasteiger partial charge on any atom is -0.453 e. The highest BCUT2D eigenvalue weighted by atomic mass is 17.0. The number of rotatable bonds is 14. The van der Waals surface area contributed by atoms with Crippen LogP contribution in [0.1, 0.15) is 73.2 Å². The van der Waals surface area contributed by atoms with Crippen LogP contribution in [0.5, 0.6) is 0 Å². The molecule has 0 spiro atoms. The fraction of sp³-hybridized carbons (Fsp3) is 0.355. The minimum atomic E-state index is -1.51. The molecule has 5 aromatic rings. The number of carbonyl (C=O) groups is 1. The number of ether oxygens (including phenoxy) is 1. The summed E-state index contributed by atoms with van der Waals surface area (Å²) in [6.45, 7) is 6.14. The fourth-order valence-electron chi connectivity index (χ4n) is 5.14. The number of carbonyl (C=O) groups excluding carboxylic acids is 1. The number of H-pyrrole nitrogens is 1. The van der Waals surface area contributed by atoms with Crippen LogP contribution in [0.4, 0.5) is 0 Å². The summed E-state index contributed by atoms with van der Waals surface area (Å²) in [6.07, 6.45) is 0.0970. The highest BCUT2D eigenvalue weighted by Gasteiger charge is 2.33. The summed E-state index contributed by atoms with van der Waals surface area (Å²) in [5.41, 5.74) is 2.13. The molecule has 16 heteroatoms. The van der Waals surface area contributed by atoms with Crippen LogP contribution in [0.3, 0.4) is 0 Å².